The van der Waals surface area contributed by atoms with Gasteiger partial charge in [0.15, 0.2) is 0 Å². The molecule has 1 aromatic carbocycles. The molecule has 2 fully saturated rings. The average Bonchev–Trinajstić information content (AvgIpc) is 2.61. The summed E-state index contributed by atoms with van der Waals surface area (Å²) in [5.41, 5.74) is 0.633. The summed E-state index contributed by atoms with van der Waals surface area (Å²) in [6.07, 6.45) is 17.7. The Morgan fingerprint density at radius 1 is 0.840 bits per heavy atom. The highest BCUT2D eigenvalue weighted by Crippen LogP contribution is 2.42. The second-order valence-corrected chi connectivity index (χ2v) is 8.31. The first-order valence-corrected chi connectivity index (χ1v) is 10.3. The van der Waals surface area contributed by atoms with Crippen molar-refractivity contribution >= 4 is 6.08 Å². The molecular formula is C23H32F2. The lowest BCUT2D eigenvalue weighted by Gasteiger charge is -2.37. The van der Waals surface area contributed by atoms with Gasteiger partial charge in [0.1, 0.15) is 11.6 Å². The maximum absolute atomic E-state index is 13.3. The highest BCUT2D eigenvalue weighted by atomic mass is 19.1. The van der Waals surface area contributed by atoms with Gasteiger partial charge >= 0.3 is 0 Å². The van der Waals surface area contributed by atoms with Crippen molar-refractivity contribution in [3.8, 4) is 0 Å². The predicted molar refractivity (Wildman–Crippen MR) is 101 cm³/mol. The van der Waals surface area contributed by atoms with E-state index in [9.17, 15) is 8.78 Å². The van der Waals surface area contributed by atoms with Gasteiger partial charge in [-0.1, -0.05) is 44.8 Å². The van der Waals surface area contributed by atoms with Crippen LogP contribution in [0.1, 0.15) is 76.7 Å². The van der Waals surface area contributed by atoms with E-state index >= 15 is 0 Å². The van der Waals surface area contributed by atoms with Crippen molar-refractivity contribution < 1.29 is 8.78 Å². The fourth-order valence-corrected chi connectivity index (χ4v) is 5.08. The highest BCUT2D eigenvalue weighted by Gasteiger charge is 2.29. The third-order valence-corrected chi connectivity index (χ3v) is 6.52. The van der Waals surface area contributed by atoms with Gasteiger partial charge in [0.05, 0.1) is 0 Å². The van der Waals surface area contributed by atoms with Gasteiger partial charge in [-0.05, 0) is 79.9 Å². The molecule has 0 spiro atoms. The van der Waals surface area contributed by atoms with E-state index < -0.39 is 11.6 Å². The van der Waals surface area contributed by atoms with Gasteiger partial charge in [-0.3, -0.25) is 0 Å². The standard InChI is InChI=1S/C23H32F2/c1-2-3-17-6-10-20(11-7-17)21-12-8-18(9-13-21)4-5-19-14-22(24)16-23(25)15-19/h4-5,14-18,20-21H,2-3,6-13H2,1H3/t17-,18?,20-,21?. The molecule has 1 aromatic rings. The fraction of sp³-hybridized carbons (Fsp3) is 0.652. The molecule has 0 bridgehead atoms. The Labute approximate surface area is 151 Å². The Kier molecular flexibility index (Phi) is 6.67. The summed E-state index contributed by atoms with van der Waals surface area (Å²) in [5, 5.41) is 0. The first kappa shape index (κ1) is 18.6. The predicted octanol–water partition coefficient (Wildman–Crippen LogP) is 7.39. The number of halogens is 2. The third kappa shape index (κ3) is 5.39. The molecule has 0 unspecified atom stereocenters. The number of benzene rings is 1. The minimum atomic E-state index is -0.498. The van der Waals surface area contributed by atoms with Gasteiger partial charge in [-0.15, -0.1) is 0 Å². The van der Waals surface area contributed by atoms with Crippen molar-refractivity contribution in [2.75, 3.05) is 0 Å². The molecule has 138 valence electrons. The van der Waals surface area contributed by atoms with E-state index in [1.165, 1.54) is 76.3 Å². The smallest absolute Gasteiger partial charge is 0.126 e. The van der Waals surface area contributed by atoms with E-state index in [0.717, 1.165) is 23.8 Å². The van der Waals surface area contributed by atoms with Crippen LogP contribution in [0.4, 0.5) is 8.78 Å². The van der Waals surface area contributed by atoms with E-state index in [4.69, 9.17) is 0 Å². The van der Waals surface area contributed by atoms with Crippen molar-refractivity contribution in [2.45, 2.75) is 71.1 Å². The molecule has 0 amide bonds. The maximum Gasteiger partial charge on any atom is 0.126 e. The molecule has 2 aliphatic rings. The van der Waals surface area contributed by atoms with Gasteiger partial charge in [-0.25, -0.2) is 8.78 Å². The molecular weight excluding hydrogens is 314 g/mol. The van der Waals surface area contributed by atoms with Crippen molar-refractivity contribution in [3.63, 3.8) is 0 Å². The van der Waals surface area contributed by atoms with Crippen LogP contribution in [0.25, 0.3) is 6.08 Å². The SMILES string of the molecule is CCC[C@H]1CC[C@H](C2CCC(C=Cc3cc(F)cc(F)c3)CC2)CC1. The van der Waals surface area contributed by atoms with Gasteiger partial charge in [0.2, 0.25) is 0 Å². The monoisotopic (exact) mass is 346 g/mol. The summed E-state index contributed by atoms with van der Waals surface area (Å²) in [7, 11) is 0. The zero-order chi connectivity index (χ0) is 17.6. The van der Waals surface area contributed by atoms with Gasteiger partial charge in [0, 0.05) is 6.07 Å². The maximum atomic E-state index is 13.3. The van der Waals surface area contributed by atoms with Gasteiger partial charge < -0.3 is 0 Å². The van der Waals surface area contributed by atoms with Crippen LogP contribution >= 0.6 is 0 Å². The van der Waals surface area contributed by atoms with E-state index in [0.29, 0.717) is 11.5 Å². The first-order valence-electron chi connectivity index (χ1n) is 10.3. The lowest BCUT2D eigenvalue weighted by Crippen LogP contribution is -2.25. The van der Waals surface area contributed by atoms with Crippen LogP contribution in [0.2, 0.25) is 0 Å². The molecule has 0 radical (unpaired) electrons. The quantitative estimate of drug-likeness (QED) is 0.521. The molecule has 2 saturated carbocycles. The summed E-state index contributed by atoms with van der Waals surface area (Å²) in [6, 6.07) is 3.73. The van der Waals surface area contributed by atoms with Crippen molar-refractivity contribution in [1.29, 1.82) is 0 Å². The summed E-state index contributed by atoms with van der Waals surface area (Å²) in [4.78, 5) is 0. The second kappa shape index (κ2) is 8.96. The van der Waals surface area contributed by atoms with Crippen LogP contribution in [0.15, 0.2) is 24.3 Å². The molecule has 0 N–H and O–H groups in total. The van der Waals surface area contributed by atoms with Crippen LogP contribution in [0.5, 0.6) is 0 Å². The van der Waals surface area contributed by atoms with E-state index in [-0.39, 0.29) is 0 Å². The number of hydrogen-bond donors (Lipinski definition) is 0. The molecule has 0 nitrogen and oxygen atoms in total. The van der Waals surface area contributed by atoms with Crippen molar-refractivity contribution in [1.82, 2.24) is 0 Å². The van der Waals surface area contributed by atoms with Gasteiger partial charge in [0.25, 0.3) is 0 Å². The Morgan fingerprint density at radius 2 is 1.40 bits per heavy atom. The molecule has 2 aliphatic carbocycles. The lowest BCUT2D eigenvalue weighted by molar-refractivity contribution is 0.152. The van der Waals surface area contributed by atoms with Crippen LogP contribution in [0, 0.1) is 35.3 Å². The Hall–Kier alpha value is -1.18. The van der Waals surface area contributed by atoms with Crippen LogP contribution in [-0.4, -0.2) is 0 Å². The summed E-state index contributed by atoms with van der Waals surface area (Å²) in [5.74, 6) is 2.43. The van der Waals surface area contributed by atoms with Crippen LogP contribution in [-0.2, 0) is 0 Å². The minimum absolute atomic E-state index is 0.498. The Balaban J connectivity index is 1.45. The summed E-state index contributed by atoms with van der Waals surface area (Å²) < 4.78 is 26.5. The fourth-order valence-electron chi connectivity index (χ4n) is 5.08. The molecule has 0 aromatic heterocycles. The third-order valence-electron chi connectivity index (χ3n) is 6.52. The molecule has 0 saturated heterocycles. The summed E-state index contributed by atoms with van der Waals surface area (Å²) >= 11 is 0. The molecule has 2 heteroatoms. The second-order valence-electron chi connectivity index (χ2n) is 8.31. The van der Waals surface area contributed by atoms with E-state index in [1.807, 2.05) is 6.08 Å². The normalized spacial score (nSPS) is 30.7. The average molecular weight is 347 g/mol. The number of hydrogen-bond acceptors (Lipinski definition) is 0. The summed E-state index contributed by atoms with van der Waals surface area (Å²) in [6.45, 7) is 2.30. The number of rotatable bonds is 5. The van der Waals surface area contributed by atoms with Crippen molar-refractivity contribution in [3.05, 3.63) is 41.5 Å². The zero-order valence-electron chi connectivity index (χ0n) is 15.5. The highest BCUT2D eigenvalue weighted by molar-refractivity contribution is 5.49. The molecule has 0 atom stereocenters. The number of allylic oxidation sites excluding steroid dienone is 1. The molecule has 25 heavy (non-hydrogen) atoms. The molecule has 0 aliphatic heterocycles. The Bertz CT molecular complexity index is 541. The molecule has 0 heterocycles. The first-order chi connectivity index (χ1) is 12.1. The van der Waals surface area contributed by atoms with E-state index in [2.05, 4.69) is 13.0 Å². The van der Waals surface area contributed by atoms with Crippen LogP contribution in [0.3, 0.4) is 0 Å². The molecule has 3 rings (SSSR count). The topological polar surface area (TPSA) is 0 Å². The van der Waals surface area contributed by atoms with Gasteiger partial charge in [-0.2, -0.15) is 0 Å². The largest absolute Gasteiger partial charge is 0.207 e. The minimum Gasteiger partial charge on any atom is -0.207 e. The van der Waals surface area contributed by atoms with Crippen molar-refractivity contribution in [2.24, 2.45) is 23.7 Å². The van der Waals surface area contributed by atoms with E-state index in [1.54, 1.807) is 0 Å². The van der Waals surface area contributed by atoms with Crippen LogP contribution < -0.4 is 0 Å². The zero-order valence-corrected chi connectivity index (χ0v) is 15.5. The Morgan fingerprint density at radius 3 is 1.96 bits per heavy atom. The lowest BCUT2D eigenvalue weighted by atomic mass is 9.68.